The van der Waals surface area contributed by atoms with Crippen LogP contribution in [0, 0.1) is 35.3 Å². The standard InChI is InChI=1S/C30H26BrF7N4O3S/c1-14-22-23-26(30(36,37)38)41-42(27(23)29(34,35)24(14)22)13-21(43)40-20(11-15-9-16(32)12-17(33)10-15)25-19(31)6-5-18(39-25)7-8-28(2,3)46(4,44)45/h5-6,9-10,12,14,20,22,24H,11,13H2,1-4H3,(H,40,43)/t14?,20-,22?,24?/m0/s1. The summed E-state index contributed by atoms with van der Waals surface area (Å²) in [6, 6.07) is 4.34. The van der Waals surface area contributed by atoms with Gasteiger partial charge >= 0.3 is 6.18 Å². The Labute approximate surface area is 268 Å². The number of amides is 1. The van der Waals surface area contributed by atoms with Crippen molar-refractivity contribution in [2.45, 2.75) is 62.5 Å². The number of hydrogen-bond donors (Lipinski definition) is 1. The first-order valence-corrected chi connectivity index (χ1v) is 16.5. The Bertz CT molecular complexity index is 1890. The predicted molar refractivity (Wildman–Crippen MR) is 155 cm³/mol. The minimum absolute atomic E-state index is 0.0593. The zero-order valence-corrected chi connectivity index (χ0v) is 27.0. The second kappa shape index (κ2) is 11.4. The van der Waals surface area contributed by atoms with Crippen molar-refractivity contribution in [3.05, 3.63) is 80.3 Å². The van der Waals surface area contributed by atoms with E-state index in [9.17, 15) is 35.2 Å². The highest BCUT2D eigenvalue weighted by Crippen LogP contribution is 2.71. The smallest absolute Gasteiger partial charge is 0.346 e. The minimum Gasteiger partial charge on any atom is -0.346 e. The number of fused-ring (bicyclic) bond motifs is 3. The number of alkyl halides is 5. The van der Waals surface area contributed by atoms with Crippen molar-refractivity contribution in [1.29, 1.82) is 0 Å². The number of hydrogen-bond acceptors (Lipinski definition) is 5. The third-order valence-corrected chi connectivity index (χ3v) is 10.9. The zero-order chi connectivity index (χ0) is 34.1. The Morgan fingerprint density at radius 2 is 1.78 bits per heavy atom. The van der Waals surface area contributed by atoms with E-state index in [4.69, 9.17) is 0 Å². The van der Waals surface area contributed by atoms with Crippen LogP contribution in [0.4, 0.5) is 30.7 Å². The lowest BCUT2D eigenvalue weighted by Crippen LogP contribution is -2.35. The molecular weight excluding hydrogens is 709 g/mol. The molecule has 16 heteroatoms. The lowest BCUT2D eigenvalue weighted by atomic mass is 10.0. The molecule has 1 amide bonds. The molecule has 1 saturated carbocycles. The van der Waals surface area contributed by atoms with Crippen LogP contribution in [0.15, 0.2) is 34.8 Å². The van der Waals surface area contributed by atoms with Gasteiger partial charge in [-0.2, -0.15) is 27.1 Å². The van der Waals surface area contributed by atoms with Crippen molar-refractivity contribution >= 4 is 31.7 Å². The SMILES string of the molecule is CC1C2c3c(C(F)(F)F)nn(CC(=O)N[C@@H](Cc4cc(F)cc(F)c4)c4nc(C#CC(C)(C)S(C)(=O)=O)ccc4Br)c3C(F)(F)C12. The first-order valence-electron chi connectivity index (χ1n) is 13.8. The maximum Gasteiger partial charge on any atom is 0.435 e. The van der Waals surface area contributed by atoms with Crippen LogP contribution in [-0.4, -0.2) is 40.1 Å². The largest absolute Gasteiger partial charge is 0.435 e. The van der Waals surface area contributed by atoms with Crippen molar-refractivity contribution in [3.8, 4) is 11.8 Å². The van der Waals surface area contributed by atoms with E-state index in [1.165, 1.54) is 32.9 Å². The average Bonchev–Trinajstić information content (AvgIpc) is 3.31. The van der Waals surface area contributed by atoms with Gasteiger partial charge < -0.3 is 5.32 Å². The van der Waals surface area contributed by atoms with Gasteiger partial charge in [0.15, 0.2) is 15.5 Å². The molecule has 1 aromatic carbocycles. The lowest BCUT2D eigenvalue weighted by molar-refractivity contribution is -0.142. The predicted octanol–water partition coefficient (Wildman–Crippen LogP) is 6.07. The van der Waals surface area contributed by atoms with Gasteiger partial charge in [0.1, 0.15) is 34.3 Å². The van der Waals surface area contributed by atoms with E-state index in [1.54, 1.807) is 0 Å². The monoisotopic (exact) mass is 734 g/mol. The topological polar surface area (TPSA) is 93.9 Å². The molecule has 5 rings (SSSR count). The lowest BCUT2D eigenvalue weighted by Gasteiger charge is -2.21. The number of benzene rings is 1. The number of pyridine rings is 1. The van der Waals surface area contributed by atoms with Gasteiger partial charge in [0.05, 0.1) is 11.7 Å². The Morgan fingerprint density at radius 1 is 1.15 bits per heavy atom. The molecule has 0 aliphatic heterocycles. The number of carbonyl (C=O) groups excluding carboxylic acids is 1. The van der Waals surface area contributed by atoms with Crippen LogP contribution in [0.5, 0.6) is 0 Å². The number of nitrogens with zero attached hydrogens (tertiary/aromatic N) is 3. The summed E-state index contributed by atoms with van der Waals surface area (Å²) in [5, 5.41) is 5.92. The first-order chi connectivity index (χ1) is 21.1. The molecule has 3 unspecified atom stereocenters. The average molecular weight is 736 g/mol. The number of halogens is 8. The molecule has 246 valence electrons. The molecule has 1 N–H and O–H groups in total. The summed E-state index contributed by atoms with van der Waals surface area (Å²) in [5.74, 6) is -4.30. The summed E-state index contributed by atoms with van der Waals surface area (Å²) < 4.78 is 124. The van der Waals surface area contributed by atoms with Crippen LogP contribution in [0.2, 0.25) is 0 Å². The van der Waals surface area contributed by atoms with E-state index in [2.05, 4.69) is 43.2 Å². The molecule has 0 bridgehead atoms. The Kier molecular flexibility index (Phi) is 8.37. The maximum atomic E-state index is 15.3. The van der Waals surface area contributed by atoms with E-state index < -0.39 is 91.5 Å². The van der Waals surface area contributed by atoms with Crippen LogP contribution in [0.1, 0.15) is 66.6 Å². The second-order valence-corrected chi connectivity index (χ2v) is 15.4. The van der Waals surface area contributed by atoms with Gasteiger partial charge in [-0.15, -0.1) is 0 Å². The zero-order valence-electron chi connectivity index (χ0n) is 24.6. The van der Waals surface area contributed by atoms with Crippen molar-refractivity contribution in [2.75, 3.05) is 6.26 Å². The summed E-state index contributed by atoms with van der Waals surface area (Å²) in [5.41, 5.74) is -2.85. The number of carbonyl (C=O) groups is 1. The molecule has 1 fully saturated rings. The van der Waals surface area contributed by atoms with Crippen molar-refractivity contribution in [3.63, 3.8) is 0 Å². The van der Waals surface area contributed by atoms with Crippen LogP contribution in [0.25, 0.3) is 0 Å². The van der Waals surface area contributed by atoms with Gasteiger partial charge in [-0.05, 0) is 77.9 Å². The van der Waals surface area contributed by atoms with Gasteiger partial charge in [0.25, 0.3) is 5.92 Å². The summed E-state index contributed by atoms with van der Waals surface area (Å²) >= 11 is 3.30. The molecule has 0 spiro atoms. The third-order valence-electron chi connectivity index (χ3n) is 8.32. The molecule has 46 heavy (non-hydrogen) atoms. The fourth-order valence-corrected chi connectivity index (χ4v) is 6.46. The molecule has 2 aliphatic carbocycles. The molecule has 3 aromatic rings. The summed E-state index contributed by atoms with van der Waals surface area (Å²) in [7, 11) is -3.60. The number of aromatic nitrogens is 3. The highest BCUT2D eigenvalue weighted by molar-refractivity contribution is 9.10. The molecule has 2 aliphatic rings. The molecular formula is C30H26BrF7N4O3S. The van der Waals surface area contributed by atoms with E-state index in [0.29, 0.717) is 10.7 Å². The van der Waals surface area contributed by atoms with E-state index in [-0.39, 0.29) is 27.8 Å². The van der Waals surface area contributed by atoms with Gasteiger partial charge in [-0.3, -0.25) is 9.48 Å². The first kappa shape index (κ1) is 33.9. The minimum atomic E-state index is -5.04. The van der Waals surface area contributed by atoms with Crippen LogP contribution in [0.3, 0.4) is 0 Å². The third kappa shape index (κ3) is 6.27. The molecule has 2 aromatic heterocycles. The number of rotatable bonds is 7. The fraction of sp³-hybridized carbons (Fsp3) is 0.433. The van der Waals surface area contributed by atoms with E-state index in [0.717, 1.165) is 18.4 Å². The summed E-state index contributed by atoms with van der Waals surface area (Å²) in [6.45, 7) is 3.19. The van der Waals surface area contributed by atoms with Gasteiger partial charge in [-0.25, -0.2) is 22.2 Å². The quantitative estimate of drug-likeness (QED) is 0.235. The Hall–Kier alpha value is -3.45. The number of sulfone groups is 1. The Balaban J connectivity index is 1.51. The second-order valence-electron chi connectivity index (χ2n) is 12.0. The van der Waals surface area contributed by atoms with Gasteiger partial charge in [-0.1, -0.05) is 12.8 Å². The number of nitrogens with one attached hydrogen (secondary N) is 1. The van der Waals surface area contributed by atoms with Crippen LogP contribution in [-0.2, 0) is 39.7 Å². The van der Waals surface area contributed by atoms with E-state index >= 15 is 8.78 Å². The van der Waals surface area contributed by atoms with Crippen LogP contribution >= 0.6 is 15.9 Å². The molecule has 2 heterocycles. The molecule has 4 atom stereocenters. The highest BCUT2D eigenvalue weighted by atomic mass is 79.9. The van der Waals surface area contributed by atoms with Gasteiger partial charge in [0, 0.05) is 34.2 Å². The normalized spacial score (nSPS) is 20.7. The van der Waals surface area contributed by atoms with E-state index in [1.807, 2.05) is 0 Å². The van der Waals surface area contributed by atoms with Crippen molar-refractivity contribution in [2.24, 2.45) is 11.8 Å². The van der Waals surface area contributed by atoms with Crippen LogP contribution < -0.4 is 5.32 Å². The molecule has 0 radical (unpaired) electrons. The summed E-state index contributed by atoms with van der Waals surface area (Å²) in [6.07, 6.45) is -4.32. The highest BCUT2D eigenvalue weighted by Gasteiger charge is 2.72. The maximum absolute atomic E-state index is 15.3. The molecule has 7 nitrogen and oxygen atoms in total. The van der Waals surface area contributed by atoms with Crippen molar-refractivity contribution in [1.82, 2.24) is 20.1 Å². The van der Waals surface area contributed by atoms with Gasteiger partial charge in [0.2, 0.25) is 5.91 Å². The van der Waals surface area contributed by atoms with Crippen molar-refractivity contribution < 1.29 is 43.9 Å². The Morgan fingerprint density at radius 3 is 2.37 bits per heavy atom. The summed E-state index contributed by atoms with van der Waals surface area (Å²) in [4.78, 5) is 17.7. The fourth-order valence-electron chi connectivity index (χ4n) is 5.72. The molecule has 0 saturated heterocycles.